The number of fused-ring (bicyclic) bond motifs is 4. The molecule has 0 fully saturated rings. The predicted molar refractivity (Wildman–Crippen MR) is 170 cm³/mol. The number of thiazole rings is 1. The van der Waals surface area contributed by atoms with Crippen molar-refractivity contribution in [3.05, 3.63) is 133 Å². The van der Waals surface area contributed by atoms with Gasteiger partial charge in [-0.05, 0) is 34.4 Å². The average molecular weight is 543 g/mol. The van der Waals surface area contributed by atoms with Gasteiger partial charge in [-0.25, -0.2) is 19.9 Å². The molecule has 0 radical (unpaired) electrons. The molecule has 0 saturated carbocycles. The summed E-state index contributed by atoms with van der Waals surface area (Å²) in [6.07, 6.45) is 0. The molecule has 0 aliphatic carbocycles. The monoisotopic (exact) mass is 542 g/mol. The molecule has 5 heteroatoms. The maximum atomic E-state index is 5.00. The van der Waals surface area contributed by atoms with Crippen LogP contribution in [0, 0.1) is 0 Å². The minimum atomic E-state index is 0.654. The van der Waals surface area contributed by atoms with Gasteiger partial charge in [-0.15, -0.1) is 11.3 Å². The number of rotatable bonds is 4. The van der Waals surface area contributed by atoms with Gasteiger partial charge in [0.15, 0.2) is 17.5 Å². The van der Waals surface area contributed by atoms with Crippen molar-refractivity contribution < 1.29 is 0 Å². The molecule has 6 aromatic carbocycles. The van der Waals surface area contributed by atoms with Crippen molar-refractivity contribution in [3.8, 4) is 44.7 Å². The van der Waals surface area contributed by atoms with Crippen LogP contribution in [0.2, 0.25) is 0 Å². The zero-order valence-electron chi connectivity index (χ0n) is 21.9. The van der Waals surface area contributed by atoms with E-state index in [1.807, 2.05) is 60.7 Å². The molecule has 8 rings (SSSR count). The van der Waals surface area contributed by atoms with Gasteiger partial charge in [-0.3, -0.25) is 0 Å². The molecule has 2 heterocycles. The van der Waals surface area contributed by atoms with Crippen molar-refractivity contribution in [1.29, 1.82) is 0 Å². The molecule has 8 aromatic rings. The Morgan fingerprint density at radius 3 is 1.66 bits per heavy atom. The highest BCUT2D eigenvalue weighted by Gasteiger charge is 2.14. The molecular formula is C36H22N4S. The van der Waals surface area contributed by atoms with Crippen molar-refractivity contribution in [2.24, 2.45) is 0 Å². The van der Waals surface area contributed by atoms with Crippen LogP contribution in [-0.2, 0) is 0 Å². The fourth-order valence-corrected chi connectivity index (χ4v) is 6.33. The first-order valence-corrected chi connectivity index (χ1v) is 14.3. The van der Waals surface area contributed by atoms with Gasteiger partial charge in [0.2, 0.25) is 0 Å². The van der Waals surface area contributed by atoms with E-state index in [4.69, 9.17) is 19.9 Å². The molecule has 41 heavy (non-hydrogen) atoms. The topological polar surface area (TPSA) is 51.6 Å². The van der Waals surface area contributed by atoms with Gasteiger partial charge in [0.1, 0.15) is 5.01 Å². The Bertz CT molecular complexity index is 2150. The minimum absolute atomic E-state index is 0.654. The fourth-order valence-electron chi connectivity index (χ4n) is 5.24. The summed E-state index contributed by atoms with van der Waals surface area (Å²) in [4.78, 5) is 19.6. The van der Waals surface area contributed by atoms with Gasteiger partial charge in [-0.2, -0.15) is 0 Å². The van der Waals surface area contributed by atoms with Crippen molar-refractivity contribution in [2.75, 3.05) is 0 Å². The lowest BCUT2D eigenvalue weighted by Crippen LogP contribution is -2.00. The summed E-state index contributed by atoms with van der Waals surface area (Å²) in [5.74, 6) is 1.97. The molecule has 0 atom stereocenters. The Kier molecular flexibility index (Phi) is 5.61. The maximum Gasteiger partial charge on any atom is 0.164 e. The summed E-state index contributed by atoms with van der Waals surface area (Å²) in [5.41, 5.74) is 5.02. The minimum Gasteiger partial charge on any atom is -0.236 e. The van der Waals surface area contributed by atoms with E-state index in [2.05, 4.69) is 72.8 Å². The molecule has 0 aliphatic rings. The largest absolute Gasteiger partial charge is 0.236 e. The first-order valence-electron chi connectivity index (χ1n) is 13.5. The predicted octanol–water partition coefficient (Wildman–Crippen LogP) is 9.46. The number of nitrogens with zero attached hydrogens (tertiary/aromatic N) is 4. The highest BCUT2D eigenvalue weighted by Crippen LogP contribution is 2.37. The van der Waals surface area contributed by atoms with Crippen LogP contribution in [0.4, 0.5) is 0 Å². The number of benzene rings is 6. The standard InChI is InChI=1S/C36H22N4S/c1-3-10-24(11-4-1)33-38-34(25-12-5-2-6-13-25)40-35(39-33)28-17-19-30-27(22-28)18-20-31-32(30)41-36(37-31)29-16-15-23-9-7-8-14-26(23)21-29/h1-22H. The quantitative estimate of drug-likeness (QED) is 0.222. The SMILES string of the molecule is c1ccc(-c2nc(-c3ccccc3)nc(-c3ccc4c(ccc5nc(-c6ccc7ccccc7c6)sc54)c3)n2)cc1. The summed E-state index contributed by atoms with van der Waals surface area (Å²) in [6, 6.07) is 45.8. The molecule has 0 amide bonds. The molecule has 0 spiro atoms. The summed E-state index contributed by atoms with van der Waals surface area (Å²) >= 11 is 1.74. The first kappa shape index (κ1) is 23.6. The second kappa shape index (κ2) is 9.73. The highest BCUT2D eigenvalue weighted by molar-refractivity contribution is 7.22. The molecule has 0 bridgehead atoms. The third-order valence-corrected chi connectivity index (χ3v) is 8.48. The van der Waals surface area contributed by atoms with E-state index in [9.17, 15) is 0 Å². The van der Waals surface area contributed by atoms with Crippen LogP contribution < -0.4 is 0 Å². The Morgan fingerprint density at radius 2 is 0.951 bits per heavy atom. The molecule has 4 nitrogen and oxygen atoms in total. The Balaban J connectivity index is 1.24. The van der Waals surface area contributed by atoms with Crippen LogP contribution in [0.15, 0.2) is 133 Å². The zero-order valence-corrected chi connectivity index (χ0v) is 22.7. The lowest BCUT2D eigenvalue weighted by molar-refractivity contribution is 1.07. The van der Waals surface area contributed by atoms with Crippen molar-refractivity contribution >= 4 is 43.1 Å². The van der Waals surface area contributed by atoms with Crippen LogP contribution in [0.25, 0.3) is 76.5 Å². The van der Waals surface area contributed by atoms with Crippen LogP contribution >= 0.6 is 11.3 Å². The number of aromatic nitrogens is 4. The number of hydrogen-bond donors (Lipinski definition) is 0. The smallest absolute Gasteiger partial charge is 0.164 e. The molecule has 2 aromatic heterocycles. The van der Waals surface area contributed by atoms with Crippen LogP contribution in [0.5, 0.6) is 0 Å². The lowest BCUT2D eigenvalue weighted by Gasteiger charge is -2.09. The van der Waals surface area contributed by atoms with E-state index in [-0.39, 0.29) is 0 Å². The molecule has 192 valence electrons. The van der Waals surface area contributed by atoms with Crippen molar-refractivity contribution in [2.45, 2.75) is 0 Å². The van der Waals surface area contributed by atoms with Gasteiger partial charge in [0, 0.05) is 27.6 Å². The van der Waals surface area contributed by atoms with Gasteiger partial charge < -0.3 is 0 Å². The fraction of sp³-hybridized carbons (Fsp3) is 0. The Hall–Kier alpha value is -5.26. The lowest BCUT2D eigenvalue weighted by atomic mass is 10.1. The van der Waals surface area contributed by atoms with E-state index >= 15 is 0 Å². The molecule has 0 saturated heterocycles. The van der Waals surface area contributed by atoms with Crippen LogP contribution in [0.1, 0.15) is 0 Å². The molecule has 0 unspecified atom stereocenters. The van der Waals surface area contributed by atoms with E-state index in [1.54, 1.807) is 11.3 Å². The zero-order chi connectivity index (χ0) is 27.2. The van der Waals surface area contributed by atoms with E-state index in [0.717, 1.165) is 38.2 Å². The van der Waals surface area contributed by atoms with E-state index < -0.39 is 0 Å². The third-order valence-electron chi connectivity index (χ3n) is 7.32. The summed E-state index contributed by atoms with van der Waals surface area (Å²) < 4.78 is 1.18. The van der Waals surface area contributed by atoms with Gasteiger partial charge in [0.05, 0.1) is 10.2 Å². The Morgan fingerprint density at radius 1 is 0.390 bits per heavy atom. The molecule has 0 aliphatic heterocycles. The second-order valence-electron chi connectivity index (χ2n) is 9.97. The van der Waals surface area contributed by atoms with Crippen molar-refractivity contribution in [1.82, 2.24) is 19.9 Å². The van der Waals surface area contributed by atoms with Crippen LogP contribution in [0.3, 0.4) is 0 Å². The normalized spacial score (nSPS) is 11.4. The maximum absolute atomic E-state index is 5.00. The first-order chi connectivity index (χ1) is 20.3. The van der Waals surface area contributed by atoms with Gasteiger partial charge in [-0.1, -0.05) is 115 Å². The van der Waals surface area contributed by atoms with Gasteiger partial charge in [0.25, 0.3) is 0 Å². The Labute approximate surface area is 240 Å². The summed E-state index contributed by atoms with van der Waals surface area (Å²) in [6.45, 7) is 0. The van der Waals surface area contributed by atoms with E-state index in [1.165, 1.54) is 20.9 Å². The average Bonchev–Trinajstić information content (AvgIpc) is 3.50. The number of hydrogen-bond acceptors (Lipinski definition) is 5. The van der Waals surface area contributed by atoms with Gasteiger partial charge >= 0.3 is 0 Å². The summed E-state index contributed by atoms with van der Waals surface area (Å²) in [5, 5.41) is 5.79. The summed E-state index contributed by atoms with van der Waals surface area (Å²) in [7, 11) is 0. The van der Waals surface area contributed by atoms with Crippen molar-refractivity contribution in [3.63, 3.8) is 0 Å². The third kappa shape index (κ3) is 4.33. The van der Waals surface area contributed by atoms with Crippen LogP contribution in [-0.4, -0.2) is 19.9 Å². The molecular weight excluding hydrogens is 520 g/mol. The van der Waals surface area contributed by atoms with E-state index in [0.29, 0.717) is 17.5 Å². The molecule has 0 N–H and O–H groups in total. The highest BCUT2D eigenvalue weighted by atomic mass is 32.1. The second-order valence-corrected chi connectivity index (χ2v) is 11.0.